The van der Waals surface area contributed by atoms with Crippen molar-refractivity contribution in [2.45, 2.75) is 153 Å². The Balaban J connectivity index is 1.05. The maximum Gasteiger partial charge on any atom is 0.339 e. The molecule has 1 aromatic carbocycles. The Morgan fingerprint density at radius 2 is 1.86 bits per heavy atom. The first-order valence-corrected chi connectivity index (χ1v) is 26.8. The Bertz CT molecular complexity index is 2530. The number of rotatable bonds is 5. The second kappa shape index (κ2) is 13.1. The molecule has 4 spiro atoms. The number of allylic oxidation sites excluding steroid dienone is 5. The van der Waals surface area contributed by atoms with E-state index in [2.05, 4.69) is 60.1 Å². The lowest BCUT2D eigenvalue weighted by atomic mass is 9.26. The fraction of sp³-hybridized carbons (Fsp3) is 0.684. The van der Waals surface area contributed by atoms with E-state index in [1.54, 1.807) is 11.3 Å². The monoisotopic (exact) mass is 876 g/mol. The van der Waals surface area contributed by atoms with E-state index in [9.17, 15) is 5.11 Å². The van der Waals surface area contributed by atoms with Crippen molar-refractivity contribution in [1.82, 2.24) is 9.80 Å². The molecule has 9 bridgehead atoms. The molecule has 0 aromatic heterocycles. The van der Waals surface area contributed by atoms with Crippen molar-refractivity contribution in [3.8, 4) is 0 Å². The van der Waals surface area contributed by atoms with Crippen LogP contribution in [0.4, 0.5) is 0 Å². The molecule has 342 valence electrons. The van der Waals surface area contributed by atoms with Gasteiger partial charge in [-0.15, -0.1) is 0 Å². The molecule has 0 amide bonds. The molecule has 14 aliphatic rings. The number of aryl methyl sites for hydroxylation is 1. The van der Waals surface area contributed by atoms with Crippen molar-refractivity contribution in [3.63, 3.8) is 0 Å². The highest BCUT2D eigenvalue weighted by atomic mass is 16.6. The van der Waals surface area contributed by atoms with E-state index in [1.807, 2.05) is 0 Å². The number of hydrogen-bond donors (Lipinski definition) is 2. The van der Waals surface area contributed by atoms with Crippen LogP contribution in [0, 0.1) is 69.5 Å². The zero-order valence-corrected chi connectivity index (χ0v) is 38.8. The molecular formula is C57H69N3O5. The number of aliphatic hydroxyl groups is 1. The normalized spacial score (nSPS) is 47.0. The van der Waals surface area contributed by atoms with Gasteiger partial charge >= 0.3 is 11.9 Å². The molecule has 15 unspecified atom stereocenters. The van der Waals surface area contributed by atoms with Gasteiger partial charge < -0.3 is 25.2 Å². The summed E-state index contributed by atoms with van der Waals surface area (Å²) in [6.45, 7) is 7.66. The maximum atomic E-state index is 16.3. The minimum Gasteiger partial charge on any atom is -0.508 e. The fourth-order valence-electron chi connectivity index (χ4n) is 20.4. The van der Waals surface area contributed by atoms with Gasteiger partial charge in [0.05, 0.1) is 17.0 Å². The van der Waals surface area contributed by atoms with Crippen LogP contribution in [0.5, 0.6) is 0 Å². The Morgan fingerprint density at radius 3 is 2.72 bits per heavy atom. The minimum absolute atomic E-state index is 0.120. The summed E-state index contributed by atoms with van der Waals surface area (Å²) in [6.07, 6.45) is 26.7. The van der Waals surface area contributed by atoms with Crippen LogP contribution in [0.15, 0.2) is 75.9 Å². The molecule has 15 rings (SSSR count). The third-order valence-corrected chi connectivity index (χ3v) is 22.5. The summed E-state index contributed by atoms with van der Waals surface area (Å²) < 4.78 is 14.5. The van der Waals surface area contributed by atoms with E-state index >= 15 is 9.59 Å². The van der Waals surface area contributed by atoms with Crippen LogP contribution >= 0.6 is 0 Å². The Kier molecular flexibility index (Phi) is 7.95. The second-order valence-electron chi connectivity index (χ2n) is 24.6. The number of carbonyl (C=O) groups excluding carboxylic acids is 2. The van der Waals surface area contributed by atoms with Crippen LogP contribution in [0.2, 0.25) is 0 Å². The number of ether oxygens (including phenoxy) is 2. The molecule has 4 saturated heterocycles. The summed E-state index contributed by atoms with van der Waals surface area (Å²) in [5, 5.41) is 13.8. The third-order valence-electron chi connectivity index (χ3n) is 22.5. The zero-order chi connectivity index (χ0) is 43.5. The van der Waals surface area contributed by atoms with Gasteiger partial charge in [0, 0.05) is 60.1 Å². The number of aliphatic hydroxyl groups excluding tert-OH is 1. The van der Waals surface area contributed by atoms with E-state index in [-0.39, 0.29) is 53.0 Å². The van der Waals surface area contributed by atoms with Crippen LogP contribution in [0.25, 0.3) is 0 Å². The first kappa shape index (κ1) is 39.4. The van der Waals surface area contributed by atoms with Crippen LogP contribution < -0.4 is 5.73 Å². The topological polar surface area (TPSA) is 105 Å². The van der Waals surface area contributed by atoms with Gasteiger partial charge in [-0.05, 0) is 142 Å². The van der Waals surface area contributed by atoms with E-state index in [4.69, 9.17) is 15.2 Å². The molecule has 3 N–H and O–H groups in total. The molecule has 1 aromatic rings. The Labute approximate surface area is 385 Å². The number of benzene rings is 1. The molecule has 8 heteroatoms. The first-order valence-electron chi connectivity index (χ1n) is 26.8. The van der Waals surface area contributed by atoms with E-state index in [1.165, 1.54) is 61.7 Å². The summed E-state index contributed by atoms with van der Waals surface area (Å²) in [4.78, 5) is 37.3. The van der Waals surface area contributed by atoms with Gasteiger partial charge in [-0.1, -0.05) is 93.5 Å². The van der Waals surface area contributed by atoms with Gasteiger partial charge in [0.2, 0.25) is 0 Å². The van der Waals surface area contributed by atoms with Crippen molar-refractivity contribution in [2.24, 2.45) is 75.2 Å². The van der Waals surface area contributed by atoms with Crippen LogP contribution in [-0.4, -0.2) is 64.6 Å². The standard InChI is InChI=1S/C57H69N3O5/c1-30-22-34-17-19-54-27-40(34)47-39-18-20-55-51(64-53(63)56(47,55)45(23-30)57(55)41-12-6-10-33(11-7-21-58)46(41)52(62)65-57)50(61)38-14-16-42-37-26-36(28-59(42)44(38)25-32-8-4-3-5-9-32)43-15-13-35(24-31(54)2)49(48(39)54)60(43)29-37/h6,10,12-13,15,22,30-32,36-38,40,42-45,48,61H,3-5,7-9,11,14,16-21,23-29,58H2,1-2H3. The van der Waals surface area contributed by atoms with Gasteiger partial charge in [-0.2, -0.15) is 0 Å². The van der Waals surface area contributed by atoms with Crippen molar-refractivity contribution in [2.75, 3.05) is 19.6 Å². The third kappa shape index (κ3) is 4.40. The number of nitrogens with two attached hydrogens (primary N) is 1. The van der Waals surface area contributed by atoms with Gasteiger partial charge in [0.15, 0.2) is 11.4 Å². The molecule has 8 nitrogen and oxygen atoms in total. The summed E-state index contributed by atoms with van der Waals surface area (Å²) in [5.74, 6) is 2.83. The van der Waals surface area contributed by atoms with Crippen LogP contribution in [0.1, 0.15) is 144 Å². The molecule has 0 radical (unpaired) electrons. The highest BCUT2D eigenvalue weighted by Gasteiger charge is 2.94. The van der Waals surface area contributed by atoms with E-state index in [0.717, 1.165) is 82.0 Å². The quantitative estimate of drug-likeness (QED) is 0.223. The van der Waals surface area contributed by atoms with Gasteiger partial charge in [-0.25, -0.2) is 4.79 Å². The molecular weight excluding hydrogens is 807 g/mol. The number of fused-ring (bicyclic) bond motifs is 8. The van der Waals surface area contributed by atoms with Gasteiger partial charge in [0.25, 0.3) is 0 Å². The lowest BCUT2D eigenvalue weighted by Gasteiger charge is -2.74. The van der Waals surface area contributed by atoms with E-state index in [0.29, 0.717) is 72.2 Å². The van der Waals surface area contributed by atoms with Crippen molar-refractivity contribution < 1.29 is 24.2 Å². The van der Waals surface area contributed by atoms with E-state index < -0.39 is 16.4 Å². The average Bonchev–Trinajstić information content (AvgIpc) is 3.77. The lowest BCUT2D eigenvalue weighted by Crippen LogP contribution is -2.78. The second-order valence-corrected chi connectivity index (χ2v) is 24.6. The van der Waals surface area contributed by atoms with Gasteiger partial charge in [0.1, 0.15) is 11.2 Å². The molecule has 7 fully saturated rings. The first-order chi connectivity index (χ1) is 31.7. The summed E-state index contributed by atoms with van der Waals surface area (Å²) >= 11 is 0. The molecule has 15 atom stereocenters. The van der Waals surface area contributed by atoms with Crippen LogP contribution in [-0.2, 0) is 26.3 Å². The Morgan fingerprint density at radius 1 is 0.985 bits per heavy atom. The SMILES string of the molecule is CC1C=C2CCC34CC2C2=C5CCC67C(=C(O)C8CCC9C%10CC(CN9C8CC8CCCCC8)C8C=CC(=C(C53)N8C%10)CC4C)OC(=O)C26C(C1)C71OC(=O)c2c(CCCN)cccc21. The molecule has 7 heterocycles. The van der Waals surface area contributed by atoms with Crippen molar-refractivity contribution in [3.05, 3.63) is 92.6 Å². The smallest absolute Gasteiger partial charge is 0.339 e. The molecule has 7 aliphatic heterocycles. The molecule has 65 heavy (non-hydrogen) atoms. The predicted molar refractivity (Wildman–Crippen MR) is 247 cm³/mol. The molecule has 7 aliphatic carbocycles. The number of carbonyl (C=O) groups is 2. The largest absolute Gasteiger partial charge is 0.508 e. The summed E-state index contributed by atoms with van der Waals surface area (Å²) in [7, 11) is 0. The number of hydrogen-bond acceptors (Lipinski definition) is 8. The van der Waals surface area contributed by atoms with Gasteiger partial charge in [-0.3, -0.25) is 9.69 Å². The highest BCUT2D eigenvalue weighted by molar-refractivity contribution is 6.00. The van der Waals surface area contributed by atoms with Crippen LogP contribution in [0.3, 0.4) is 0 Å². The number of nitrogens with zero attached hydrogens (tertiary/aromatic N) is 2. The summed E-state index contributed by atoms with van der Waals surface area (Å²) in [6, 6.07) is 7.42. The maximum absolute atomic E-state index is 16.3. The predicted octanol–water partition coefficient (Wildman–Crippen LogP) is 9.96. The molecule has 3 saturated carbocycles. The summed E-state index contributed by atoms with van der Waals surface area (Å²) in [5.41, 5.74) is 13.2. The highest BCUT2D eigenvalue weighted by Crippen LogP contribution is 2.89. The average molecular weight is 876 g/mol. The lowest BCUT2D eigenvalue weighted by molar-refractivity contribution is -0.283. The van der Waals surface area contributed by atoms with Crippen molar-refractivity contribution in [1.29, 1.82) is 0 Å². The zero-order valence-electron chi connectivity index (χ0n) is 38.8. The number of esters is 2. The minimum atomic E-state index is -1.14. The Hall–Kier alpha value is -3.62. The fourth-order valence-corrected chi connectivity index (χ4v) is 20.4. The number of piperidine rings is 3. The van der Waals surface area contributed by atoms with Crippen molar-refractivity contribution >= 4 is 11.9 Å².